The van der Waals surface area contributed by atoms with Gasteiger partial charge in [-0.1, -0.05) is 0 Å². The molecule has 1 aliphatic heterocycles. The number of benzene rings is 2. The van der Waals surface area contributed by atoms with Gasteiger partial charge in [0.2, 0.25) is 0 Å². The third-order valence-corrected chi connectivity index (χ3v) is 8.67. The first kappa shape index (κ1) is 10.5. The molecule has 0 atom stereocenters. The van der Waals surface area contributed by atoms with Crippen LogP contribution in [0.3, 0.4) is 0 Å². The van der Waals surface area contributed by atoms with Crippen molar-refractivity contribution in [3.05, 3.63) is 63.3 Å². The summed E-state index contributed by atoms with van der Waals surface area (Å²) in [4.78, 5) is 0. The second kappa shape index (κ2) is 4.66. The molecule has 0 saturated heterocycles. The summed E-state index contributed by atoms with van der Waals surface area (Å²) >= 11 is 0.517. The first-order valence-electron chi connectivity index (χ1n) is 5.21. The molecule has 1 aliphatic rings. The average Bonchev–Trinajstić information content (AvgIpc) is 2.72. The molecule has 0 N–H and O–H groups in total. The summed E-state index contributed by atoms with van der Waals surface area (Å²) in [6.45, 7) is 0. The molecule has 0 spiro atoms. The third kappa shape index (κ3) is 2.19. The molecule has 0 fully saturated rings. The van der Waals surface area contributed by atoms with Crippen molar-refractivity contribution in [2.75, 3.05) is 0 Å². The first-order chi connectivity index (χ1) is 7.92. The topological polar surface area (TPSA) is 0 Å². The van der Waals surface area contributed by atoms with Gasteiger partial charge in [-0.05, 0) is 0 Å². The maximum atomic E-state index is 2.42. The van der Waals surface area contributed by atoms with Crippen LogP contribution in [0.4, 0.5) is 0 Å². The van der Waals surface area contributed by atoms with E-state index in [4.69, 9.17) is 0 Å². The van der Waals surface area contributed by atoms with Gasteiger partial charge in [0.05, 0.1) is 0 Å². The van der Waals surface area contributed by atoms with Crippen molar-refractivity contribution in [1.82, 2.24) is 0 Å². The van der Waals surface area contributed by atoms with Crippen LogP contribution in [-0.4, -0.2) is 31.5 Å². The minimum absolute atomic E-state index is 0.232. The van der Waals surface area contributed by atoms with Crippen molar-refractivity contribution >= 4 is 46.3 Å². The van der Waals surface area contributed by atoms with E-state index in [1.54, 1.807) is 7.50 Å². The monoisotopic (exact) mass is 328 g/mol. The van der Waals surface area contributed by atoms with E-state index in [2.05, 4.69) is 60.7 Å². The van der Waals surface area contributed by atoms with E-state index in [0.29, 0.717) is 0 Å². The number of hydrogen-bond acceptors (Lipinski definition) is 0. The van der Waals surface area contributed by atoms with Crippen LogP contribution in [0.15, 0.2) is 57.7 Å². The van der Waals surface area contributed by atoms with Gasteiger partial charge in [0, 0.05) is 0 Å². The van der Waals surface area contributed by atoms with E-state index in [9.17, 15) is 0 Å². The predicted octanol–water partition coefficient (Wildman–Crippen LogP) is 1.36. The average molecular weight is 328 g/mol. The third-order valence-electron chi connectivity index (χ3n) is 2.46. The van der Waals surface area contributed by atoms with Gasteiger partial charge in [-0.3, -0.25) is 0 Å². The standard InChI is InChI=1S/C14H10As2/c1-2-7-12(8-3-1)15-14-10-11-6-4-5-9-13(11)16-14/h1-10H. The molecule has 2 radical (unpaired) electrons. The summed E-state index contributed by atoms with van der Waals surface area (Å²) in [6, 6.07) is 19.7. The summed E-state index contributed by atoms with van der Waals surface area (Å²) in [6.07, 6.45) is 2.42. The van der Waals surface area contributed by atoms with Crippen molar-refractivity contribution in [3.63, 3.8) is 0 Å². The van der Waals surface area contributed by atoms with Gasteiger partial charge in [-0.2, -0.15) is 0 Å². The molecule has 0 saturated carbocycles. The Morgan fingerprint density at radius 2 is 1.56 bits per heavy atom. The maximum absolute atomic E-state index is 2.42. The molecule has 0 amide bonds. The zero-order chi connectivity index (χ0) is 10.8. The summed E-state index contributed by atoms with van der Waals surface area (Å²) in [7, 11) is 0. The van der Waals surface area contributed by atoms with Crippen LogP contribution in [-0.2, 0) is 0 Å². The summed E-state index contributed by atoms with van der Waals surface area (Å²) in [5.74, 6) is 0. The van der Waals surface area contributed by atoms with Gasteiger partial charge < -0.3 is 0 Å². The van der Waals surface area contributed by atoms with Crippen LogP contribution < -0.4 is 8.70 Å². The predicted molar refractivity (Wildman–Crippen MR) is 71.6 cm³/mol. The Morgan fingerprint density at radius 1 is 0.812 bits per heavy atom. The fraction of sp³-hybridized carbons (Fsp3) is 0. The van der Waals surface area contributed by atoms with Crippen LogP contribution in [0.2, 0.25) is 0 Å². The van der Waals surface area contributed by atoms with Crippen LogP contribution in [0.5, 0.6) is 0 Å². The van der Waals surface area contributed by atoms with E-state index >= 15 is 0 Å². The van der Waals surface area contributed by atoms with E-state index in [1.807, 2.05) is 0 Å². The van der Waals surface area contributed by atoms with E-state index < -0.39 is 0 Å². The molecule has 2 aromatic rings. The van der Waals surface area contributed by atoms with E-state index in [1.165, 1.54) is 9.91 Å². The molecule has 0 nitrogen and oxygen atoms in total. The quantitative estimate of drug-likeness (QED) is 0.731. The second-order valence-corrected chi connectivity index (χ2v) is 10.3. The Balaban J connectivity index is 1.81. The van der Waals surface area contributed by atoms with Gasteiger partial charge in [0.15, 0.2) is 0 Å². The van der Waals surface area contributed by atoms with Gasteiger partial charge in [-0.15, -0.1) is 0 Å². The zero-order valence-corrected chi connectivity index (χ0v) is 12.4. The second-order valence-electron chi connectivity index (χ2n) is 3.62. The Hall–Kier alpha value is -0.703. The summed E-state index contributed by atoms with van der Waals surface area (Å²) < 4.78 is 4.81. The Labute approximate surface area is 109 Å². The van der Waals surface area contributed by atoms with Crippen LogP contribution in [0.25, 0.3) is 6.08 Å². The molecule has 76 valence electrons. The minimum atomic E-state index is 0.232. The molecule has 2 heteroatoms. The molecular weight excluding hydrogens is 318 g/mol. The zero-order valence-electron chi connectivity index (χ0n) is 8.67. The fourth-order valence-corrected chi connectivity index (χ4v) is 8.28. The van der Waals surface area contributed by atoms with Gasteiger partial charge in [0.25, 0.3) is 0 Å². The SMILES string of the molecule is C1=C([As]c2ccccc2)[As]c2ccccc21. The number of hydrogen-bond donors (Lipinski definition) is 0. The molecule has 16 heavy (non-hydrogen) atoms. The summed E-state index contributed by atoms with van der Waals surface area (Å²) in [5, 5.41) is 0. The molecular formula is C14H10As2. The van der Waals surface area contributed by atoms with Crippen molar-refractivity contribution in [1.29, 1.82) is 0 Å². The molecule has 0 aliphatic carbocycles. The number of fused-ring (bicyclic) bond motifs is 1. The van der Waals surface area contributed by atoms with Crippen molar-refractivity contribution in [2.45, 2.75) is 0 Å². The van der Waals surface area contributed by atoms with Crippen LogP contribution >= 0.6 is 0 Å². The van der Waals surface area contributed by atoms with Gasteiger partial charge >= 0.3 is 110 Å². The molecule has 3 rings (SSSR count). The van der Waals surface area contributed by atoms with E-state index in [-0.39, 0.29) is 31.5 Å². The van der Waals surface area contributed by atoms with Crippen LogP contribution in [0.1, 0.15) is 5.56 Å². The van der Waals surface area contributed by atoms with Crippen molar-refractivity contribution in [3.8, 4) is 0 Å². The molecule has 0 unspecified atom stereocenters. The molecule has 1 heterocycles. The molecule has 2 aromatic carbocycles. The fourth-order valence-electron chi connectivity index (χ4n) is 1.70. The van der Waals surface area contributed by atoms with E-state index in [0.717, 1.165) is 0 Å². The number of rotatable bonds is 2. The Kier molecular flexibility index (Phi) is 3.04. The summed E-state index contributed by atoms with van der Waals surface area (Å²) in [5.41, 5.74) is 1.46. The Morgan fingerprint density at radius 3 is 2.38 bits per heavy atom. The molecule has 0 bridgehead atoms. The molecule has 0 aromatic heterocycles. The normalized spacial score (nSPS) is 15.6. The Bertz CT molecular complexity index is 529. The van der Waals surface area contributed by atoms with Crippen molar-refractivity contribution in [2.24, 2.45) is 0 Å². The van der Waals surface area contributed by atoms with Gasteiger partial charge in [-0.25, -0.2) is 0 Å². The first-order valence-corrected chi connectivity index (χ1v) is 8.96. The van der Waals surface area contributed by atoms with Gasteiger partial charge in [0.1, 0.15) is 0 Å². The van der Waals surface area contributed by atoms with Crippen LogP contribution in [0, 0.1) is 0 Å². The van der Waals surface area contributed by atoms with Crippen molar-refractivity contribution < 1.29 is 0 Å².